The van der Waals surface area contributed by atoms with Gasteiger partial charge in [0.25, 0.3) is 0 Å². The number of aryl methyl sites for hydroxylation is 1. The Kier molecular flexibility index (Phi) is 3.76. The molecule has 0 spiro atoms. The van der Waals surface area contributed by atoms with E-state index in [0.717, 1.165) is 5.56 Å². The summed E-state index contributed by atoms with van der Waals surface area (Å²) < 4.78 is 5.70. The highest BCUT2D eigenvalue weighted by atomic mass is 35.5. The molecule has 0 N–H and O–H groups in total. The van der Waals surface area contributed by atoms with Crippen LogP contribution >= 0.6 is 23.2 Å². The first-order valence-electron chi connectivity index (χ1n) is 5.24. The SMILES string of the molecule is Cc1cccc(C#N)c1Oc1ccc(Cl)cc1Cl. The molecule has 0 aromatic heterocycles. The topological polar surface area (TPSA) is 33.0 Å². The van der Waals surface area contributed by atoms with E-state index in [1.807, 2.05) is 19.1 Å². The predicted octanol–water partition coefficient (Wildman–Crippen LogP) is 4.97. The molecular formula is C14H9Cl2NO. The standard InChI is InChI=1S/C14H9Cl2NO/c1-9-3-2-4-10(8-17)14(9)18-13-6-5-11(15)7-12(13)16/h2-7H,1H3. The summed E-state index contributed by atoms with van der Waals surface area (Å²) in [6.45, 7) is 1.87. The van der Waals surface area contributed by atoms with Gasteiger partial charge in [-0.1, -0.05) is 35.3 Å². The van der Waals surface area contributed by atoms with Crippen LogP contribution in [0.4, 0.5) is 0 Å². The Morgan fingerprint density at radius 1 is 1.17 bits per heavy atom. The smallest absolute Gasteiger partial charge is 0.148 e. The van der Waals surface area contributed by atoms with Crippen LogP contribution in [0.5, 0.6) is 11.5 Å². The highest BCUT2D eigenvalue weighted by molar-refractivity contribution is 6.35. The van der Waals surface area contributed by atoms with E-state index in [1.165, 1.54) is 0 Å². The van der Waals surface area contributed by atoms with Gasteiger partial charge in [0.2, 0.25) is 0 Å². The van der Waals surface area contributed by atoms with E-state index in [1.54, 1.807) is 24.3 Å². The minimum absolute atomic E-state index is 0.412. The number of hydrogen-bond donors (Lipinski definition) is 0. The number of ether oxygens (including phenoxy) is 1. The lowest BCUT2D eigenvalue weighted by molar-refractivity contribution is 0.477. The van der Waals surface area contributed by atoms with E-state index in [4.69, 9.17) is 33.2 Å². The Morgan fingerprint density at radius 3 is 2.61 bits per heavy atom. The van der Waals surface area contributed by atoms with E-state index in [9.17, 15) is 0 Å². The van der Waals surface area contributed by atoms with Gasteiger partial charge in [-0.05, 0) is 36.8 Å². The van der Waals surface area contributed by atoms with Crippen LogP contribution in [0.15, 0.2) is 36.4 Å². The number of rotatable bonds is 2. The predicted molar refractivity (Wildman–Crippen MR) is 72.4 cm³/mol. The van der Waals surface area contributed by atoms with Gasteiger partial charge in [-0.15, -0.1) is 0 Å². The maximum Gasteiger partial charge on any atom is 0.148 e. The molecule has 2 nitrogen and oxygen atoms in total. The van der Waals surface area contributed by atoms with Gasteiger partial charge in [0, 0.05) is 5.02 Å². The lowest BCUT2D eigenvalue weighted by atomic mass is 10.1. The highest BCUT2D eigenvalue weighted by Crippen LogP contribution is 2.34. The Labute approximate surface area is 115 Å². The first-order chi connectivity index (χ1) is 8.61. The second kappa shape index (κ2) is 5.30. The molecule has 2 aromatic rings. The molecule has 0 atom stereocenters. The minimum Gasteiger partial charge on any atom is -0.454 e. The normalized spacial score (nSPS) is 9.89. The molecule has 0 aliphatic heterocycles. The monoisotopic (exact) mass is 277 g/mol. The Bertz CT molecular complexity index is 632. The molecule has 0 radical (unpaired) electrons. The van der Waals surface area contributed by atoms with Crippen LogP contribution < -0.4 is 4.74 Å². The van der Waals surface area contributed by atoms with Gasteiger partial charge < -0.3 is 4.74 Å². The lowest BCUT2D eigenvalue weighted by Gasteiger charge is -2.11. The van der Waals surface area contributed by atoms with Gasteiger partial charge in [0.05, 0.1) is 10.6 Å². The number of para-hydroxylation sites is 1. The van der Waals surface area contributed by atoms with E-state index < -0.39 is 0 Å². The molecule has 0 fully saturated rings. The third-order valence-corrected chi connectivity index (χ3v) is 2.97. The van der Waals surface area contributed by atoms with Gasteiger partial charge >= 0.3 is 0 Å². The molecule has 0 saturated carbocycles. The van der Waals surface area contributed by atoms with Gasteiger partial charge in [-0.2, -0.15) is 5.26 Å². The molecule has 0 saturated heterocycles. The zero-order valence-corrected chi connectivity index (χ0v) is 11.1. The molecular weight excluding hydrogens is 269 g/mol. The Hall–Kier alpha value is -1.69. The summed E-state index contributed by atoms with van der Waals surface area (Å²) in [7, 11) is 0. The number of hydrogen-bond acceptors (Lipinski definition) is 2. The van der Waals surface area contributed by atoms with Crippen LogP contribution in [0, 0.1) is 18.3 Å². The number of benzene rings is 2. The van der Waals surface area contributed by atoms with Gasteiger partial charge in [0.15, 0.2) is 0 Å². The average molecular weight is 278 g/mol. The molecule has 18 heavy (non-hydrogen) atoms. The molecule has 0 bridgehead atoms. The van der Waals surface area contributed by atoms with E-state index in [-0.39, 0.29) is 0 Å². The van der Waals surface area contributed by atoms with Crippen molar-refractivity contribution in [1.29, 1.82) is 5.26 Å². The summed E-state index contributed by atoms with van der Waals surface area (Å²) in [6.07, 6.45) is 0. The van der Waals surface area contributed by atoms with Crippen molar-refractivity contribution in [2.45, 2.75) is 6.92 Å². The van der Waals surface area contributed by atoms with Crippen molar-refractivity contribution in [2.24, 2.45) is 0 Å². The zero-order chi connectivity index (χ0) is 13.1. The largest absolute Gasteiger partial charge is 0.454 e. The van der Waals surface area contributed by atoms with Crippen molar-refractivity contribution in [3.8, 4) is 17.6 Å². The quantitative estimate of drug-likeness (QED) is 0.777. The first-order valence-corrected chi connectivity index (χ1v) is 6.00. The molecule has 2 aromatic carbocycles. The van der Waals surface area contributed by atoms with E-state index >= 15 is 0 Å². The minimum atomic E-state index is 0.412. The third kappa shape index (κ3) is 2.59. The maximum absolute atomic E-state index is 9.05. The summed E-state index contributed by atoms with van der Waals surface area (Å²) in [5.74, 6) is 0.996. The summed E-state index contributed by atoms with van der Waals surface area (Å²) in [4.78, 5) is 0. The lowest BCUT2D eigenvalue weighted by Crippen LogP contribution is -1.92. The molecule has 0 heterocycles. The van der Waals surface area contributed by atoms with Gasteiger partial charge in [-0.25, -0.2) is 0 Å². The van der Waals surface area contributed by atoms with Crippen molar-refractivity contribution in [3.05, 3.63) is 57.6 Å². The van der Waals surface area contributed by atoms with Crippen molar-refractivity contribution in [1.82, 2.24) is 0 Å². The molecule has 0 amide bonds. The van der Waals surface area contributed by atoms with Crippen LogP contribution in [-0.2, 0) is 0 Å². The molecule has 0 aliphatic carbocycles. The second-order valence-electron chi connectivity index (χ2n) is 3.74. The van der Waals surface area contributed by atoms with Crippen molar-refractivity contribution < 1.29 is 4.74 Å². The Balaban J connectivity index is 2.43. The molecule has 4 heteroatoms. The van der Waals surface area contributed by atoms with Crippen LogP contribution in [0.1, 0.15) is 11.1 Å². The first kappa shape index (κ1) is 12.8. The molecule has 0 aliphatic rings. The van der Waals surface area contributed by atoms with E-state index in [2.05, 4.69) is 6.07 Å². The fraction of sp³-hybridized carbons (Fsp3) is 0.0714. The zero-order valence-electron chi connectivity index (χ0n) is 9.58. The van der Waals surface area contributed by atoms with Crippen molar-refractivity contribution >= 4 is 23.2 Å². The van der Waals surface area contributed by atoms with Crippen molar-refractivity contribution in [3.63, 3.8) is 0 Å². The van der Waals surface area contributed by atoms with Gasteiger partial charge in [0.1, 0.15) is 17.6 Å². The number of halogens is 2. The number of nitrogens with zero attached hydrogens (tertiary/aromatic N) is 1. The summed E-state index contributed by atoms with van der Waals surface area (Å²) in [5, 5.41) is 10.0. The summed E-state index contributed by atoms with van der Waals surface area (Å²) in [5.41, 5.74) is 1.35. The van der Waals surface area contributed by atoms with Crippen LogP contribution in [0.2, 0.25) is 10.0 Å². The molecule has 2 rings (SSSR count). The average Bonchev–Trinajstić information content (AvgIpc) is 2.34. The Morgan fingerprint density at radius 2 is 1.94 bits per heavy atom. The third-order valence-electron chi connectivity index (χ3n) is 2.44. The van der Waals surface area contributed by atoms with Crippen LogP contribution in [-0.4, -0.2) is 0 Å². The second-order valence-corrected chi connectivity index (χ2v) is 4.58. The van der Waals surface area contributed by atoms with Crippen LogP contribution in [0.25, 0.3) is 0 Å². The summed E-state index contributed by atoms with van der Waals surface area (Å²) in [6, 6.07) is 12.4. The summed E-state index contributed by atoms with van der Waals surface area (Å²) >= 11 is 11.9. The van der Waals surface area contributed by atoms with Crippen LogP contribution in [0.3, 0.4) is 0 Å². The maximum atomic E-state index is 9.05. The molecule has 90 valence electrons. The van der Waals surface area contributed by atoms with Crippen molar-refractivity contribution in [2.75, 3.05) is 0 Å². The molecule has 0 unspecified atom stereocenters. The number of nitriles is 1. The highest BCUT2D eigenvalue weighted by Gasteiger charge is 2.10. The van der Waals surface area contributed by atoms with E-state index in [0.29, 0.717) is 27.1 Å². The van der Waals surface area contributed by atoms with Gasteiger partial charge in [-0.3, -0.25) is 0 Å². The fourth-order valence-corrected chi connectivity index (χ4v) is 1.99. The fourth-order valence-electron chi connectivity index (χ4n) is 1.54.